The highest BCUT2D eigenvalue weighted by Gasteiger charge is 2.53. The lowest BCUT2D eigenvalue weighted by molar-refractivity contribution is -0.141. The van der Waals surface area contributed by atoms with E-state index in [1.165, 1.54) is 12.1 Å². The van der Waals surface area contributed by atoms with Gasteiger partial charge in [-0.1, -0.05) is 6.07 Å². The van der Waals surface area contributed by atoms with E-state index in [9.17, 15) is 27.7 Å². The molecule has 2 saturated heterocycles. The fraction of sp³-hybridized carbons (Fsp3) is 0.357. The second-order valence-electron chi connectivity index (χ2n) is 10.6. The largest absolute Gasteiger partial charge is 0.589 e. The Morgan fingerprint density at radius 3 is 2.79 bits per heavy atom. The summed E-state index contributed by atoms with van der Waals surface area (Å²) in [5.74, 6) is -1.08. The fourth-order valence-corrected chi connectivity index (χ4v) is 7.14. The highest BCUT2D eigenvalue weighted by Crippen LogP contribution is 2.48. The van der Waals surface area contributed by atoms with Crippen molar-refractivity contribution in [3.05, 3.63) is 64.8 Å². The molecule has 0 spiro atoms. The lowest BCUT2D eigenvalue weighted by Gasteiger charge is -2.30. The second-order valence-corrected chi connectivity index (χ2v) is 12.8. The molecule has 2 fully saturated rings. The summed E-state index contributed by atoms with van der Waals surface area (Å²) < 4.78 is 39.8. The summed E-state index contributed by atoms with van der Waals surface area (Å²) >= 11 is 1.07. The van der Waals surface area contributed by atoms with Crippen molar-refractivity contribution in [2.24, 2.45) is 0 Å². The molecule has 3 amide bonds. The molecule has 4 N–H and O–H groups in total. The number of rotatable bonds is 7. The zero-order valence-corrected chi connectivity index (χ0v) is 23.9. The Balaban J connectivity index is 1.14. The molecule has 4 aromatic rings. The molecule has 0 aliphatic carbocycles. The third kappa shape index (κ3) is 5.28. The number of H-pyrrole nitrogens is 1. The maximum absolute atomic E-state index is 14.1. The number of hydrogen-bond acceptors (Lipinski definition) is 6. The highest BCUT2D eigenvalue weighted by molar-refractivity contribution is 7.39. The van der Waals surface area contributed by atoms with Crippen LogP contribution in [0.1, 0.15) is 52.9 Å². The number of nitrogens with one attached hydrogen (secondary N) is 3. The molecule has 2 aromatic heterocycles. The van der Waals surface area contributed by atoms with Crippen LogP contribution in [0.15, 0.2) is 48.8 Å². The number of amides is 3. The van der Waals surface area contributed by atoms with Crippen molar-refractivity contribution in [3.63, 3.8) is 0 Å². The number of alkyl halides is 2. The molecule has 6 rings (SSSR count). The van der Waals surface area contributed by atoms with Crippen LogP contribution in [0.3, 0.4) is 0 Å². The first-order valence-corrected chi connectivity index (χ1v) is 15.6. The van der Waals surface area contributed by atoms with E-state index in [1.54, 1.807) is 11.2 Å². The number of hydrogen-bond donors (Lipinski definition) is 4. The normalized spacial score (nSPS) is 21.3. The molecule has 42 heavy (non-hydrogen) atoms. The molecule has 0 radical (unpaired) electrons. The lowest BCUT2D eigenvalue weighted by atomic mass is 10.1. The number of halogens is 2. The van der Waals surface area contributed by atoms with E-state index in [0.717, 1.165) is 46.5 Å². The van der Waals surface area contributed by atoms with E-state index in [4.69, 9.17) is 4.89 Å². The van der Waals surface area contributed by atoms with Crippen LogP contribution in [-0.4, -0.2) is 55.6 Å². The van der Waals surface area contributed by atoms with Crippen LogP contribution in [0.4, 0.5) is 8.78 Å². The Morgan fingerprint density at radius 1 is 1.14 bits per heavy atom. The number of carbonyl (C=O) groups is 3. The van der Waals surface area contributed by atoms with Crippen molar-refractivity contribution in [2.75, 3.05) is 0 Å². The molecule has 4 heterocycles. The number of aromatic nitrogens is 2. The highest BCUT2D eigenvalue weighted by atomic mass is 32.1. The number of imidazole rings is 1. The van der Waals surface area contributed by atoms with Crippen molar-refractivity contribution in [1.29, 1.82) is 0 Å². The molecule has 0 bridgehead atoms. The topological polar surface area (TPSA) is 144 Å². The van der Waals surface area contributed by atoms with Crippen molar-refractivity contribution < 1.29 is 32.6 Å². The van der Waals surface area contributed by atoms with Gasteiger partial charge in [-0.3, -0.25) is 14.4 Å². The van der Waals surface area contributed by atoms with Gasteiger partial charge >= 0.3 is 13.7 Å². The van der Waals surface area contributed by atoms with Gasteiger partial charge in [0.25, 0.3) is 5.91 Å². The summed E-state index contributed by atoms with van der Waals surface area (Å²) in [6.07, 6.45) is 4.68. The molecule has 4 atom stereocenters. The van der Waals surface area contributed by atoms with E-state index < -0.39 is 37.2 Å². The van der Waals surface area contributed by atoms with Gasteiger partial charge in [0.15, 0.2) is 0 Å². The Labute approximate surface area is 243 Å². The average molecular weight is 615 g/mol. The van der Waals surface area contributed by atoms with Crippen LogP contribution in [0.5, 0.6) is 0 Å². The van der Waals surface area contributed by atoms with Gasteiger partial charge in [0.05, 0.1) is 27.8 Å². The summed E-state index contributed by atoms with van der Waals surface area (Å²) in [7, 11) is -3.77. The maximum atomic E-state index is 14.1. The van der Waals surface area contributed by atoms with Crippen LogP contribution in [0.2, 0.25) is 0 Å². The van der Waals surface area contributed by atoms with Crippen molar-refractivity contribution in [1.82, 2.24) is 25.5 Å². The van der Waals surface area contributed by atoms with Gasteiger partial charge in [0, 0.05) is 17.3 Å². The maximum Gasteiger partial charge on any atom is 0.589 e. The first kappa shape index (κ1) is 28.3. The van der Waals surface area contributed by atoms with Gasteiger partial charge in [-0.15, -0.1) is 20.1 Å². The van der Waals surface area contributed by atoms with Gasteiger partial charge in [0.2, 0.25) is 11.8 Å². The first-order chi connectivity index (χ1) is 20.1. The average Bonchev–Trinajstić information content (AvgIpc) is 3.70. The minimum Gasteiger partial charge on any atom is -0.350 e. The van der Waals surface area contributed by atoms with E-state index in [-0.39, 0.29) is 22.7 Å². The number of fused-ring (bicyclic) bond motifs is 3. The molecule has 0 saturated carbocycles. The molecule has 1 unspecified atom stereocenters. The quantitative estimate of drug-likeness (QED) is 0.226. The lowest BCUT2D eigenvalue weighted by Crippen LogP contribution is -2.54. The first-order valence-electron chi connectivity index (χ1n) is 13.5. The summed E-state index contributed by atoms with van der Waals surface area (Å²) in [5, 5.41) is 6.08. The van der Waals surface area contributed by atoms with Gasteiger partial charge < -0.3 is 20.5 Å². The summed E-state index contributed by atoms with van der Waals surface area (Å²) in [4.78, 5) is 58.2. The zero-order valence-electron chi connectivity index (χ0n) is 22.2. The Morgan fingerprint density at radius 2 is 1.98 bits per heavy atom. The number of carbonyl (C=O) groups excluding carboxylic acids is 3. The van der Waals surface area contributed by atoms with Crippen molar-refractivity contribution in [2.45, 2.75) is 62.4 Å². The molecular formula is C28H27F2N5O5PS+. The Kier molecular flexibility index (Phi) is 7.50. The predicted octanol–water partition coefficient (Wildman–Crippen LogP) is 4.52. The molecule has 10 nitrogen and oxygen atoms in total. The van der Waals surface area contributed by atoms with E-state index in [0.29, 0.717) is 42.3 Å². The Hall–Kier alpha value is -3.80. The van der Waals surface area contributed by atoms with Gasteiger partial charge in [-0.25, -0.2) is 4.98 Å². The van der Waals surface area contributed by atoms with Crippen molar-refractivity contribution in [3.8, 4) is 0 Å². The predicted molar refractivity (Wildman–Crippen MR) is 152 cm³/mol. The SMILES string of the molecule is O=C(N[C@H]1CCC[C@H]2CC[C@@H](C(=O)NCc3ccc4nc[nH]c4c3)N2C1=O)c1cc2cc(C(F)(F)[P+](=O)O)ccc2s1. The van der Waals surface area contributed by atoms with Gasteiger partial charge in [-0.2, -0.15) is 4.89 Å². The minimum atomic E-state index is -3.91. The van der Waals surface area contributed by atoms with Crippen LogP contribution in [0.25, 0.3) is 21.1 Å². The molecule has 218 valence electrons. The van der Waals surface area contributed by atoms with Crippen LogP contribution < -0.4 is 10.6 Å². The summed E-state index contributed by atoms with van der Waals surface area (Å²) in [6, 6.07) is 9.07. The molecule has 14 heteroatoms. The smallest absolute Gasteiger partial charge is 0.350 e. The number of benzene rings is 2. The summed E-state index contributed by atoms with van der Waals surface area (Å²) in [6.45, 7) is 0.297. The molecule has 2 aromatic carbocycles. The van der Waals surface area contributed by atoms with E-state index in [2.05, 4.69) is 20.6 Å². The zero-order chi connectivity index (χ0) is 29.6. The minimum absolute atomic E-state index is 0.0843. The van der Waals surface area contributed by atoms with Gasteiger partial charge in [-0.05, 0) is 84.0 Å². The second kappa shape index (κ2) is 11.1. The fourth-order valence-electron chi connectivity index (χ4n) is 5.83. The van der Waals surface area contributed by atoms with E-state index in [1.807, 2.05) is 18.2 Å². The van der Waals surface area contributed by atoms with E-state index >= 15 is 0 Å². The summed E-state index contributed by atoms with van der Waals surface area (Å²) in [5.41, 5.74) is -1.94. The molecular weight excluding hydrogens is 587 g/mol. The monoisotopic (exact) mass is 614 g/mol. The molecule has 2 aliphatic heterocycles. The number of nitrogens with zero attached hydrogens (tertiary/aromatic N) is 2. The van der Waals surface area contributed by atoms with Crippen LogP contribution in [0, 0.1) is 0 Å². The number of aromatic amines is 1. The standard InChI is InChI=1S/C28H26F2N5O5PS/c29-28(30,41(39)40)17-5-9-23-16(11-17)12-24(42-23)26(37)34-20-3-1-2-18-6-8-22(35(18)27(20)38)25(36)31-13-15-4-7-19-21(10-15)33-14-32-19/h4-5,7,9-12,14,18,20,22H,1-3,6,8,13H2,(H3-,31,32,33,34,36,37,39,40)/p+1/t18-,20-,22-/m0/s1. The van der Waals surface area contributed by atoms with Crippen molar-refractivity contribution >= 4 is 58.2 Å². The van der Waals surface area contributed by atoms with Crippen LogP contribution in [-0.2, 0) is 26.4 Å². The molecule has 2 aliphatic rings. The van der Waals surface area contributed by atoms with Crippen LogP contribution >= 0.6 is 19.4 Å². The Bertz CT molecular complexity index is 1730. The van der Waals surface area contributed by atoms with Gasteiger partial charge in [0.1, 0.15) is 12.1 Å². The third-order valence-corrected chi connectivity index (χ3v) is 9.83. The number of thiophene rings is 1. The third-order valence-electron chi connectivity index (χ3n) is 7.97.